The smallest absolute Gasteiger partial charge is 0.0715 e. The Labute approximate surface area is 226 Å². The van der Waals surface area contributed by atoms with Crippen LogP contribution in [0.5, 0.6) is 0 Å². The first-order valence-corrected chi connectivity index (χ1v) is 13.3. The van der Waals surface area contributed by atoms with Crippen LogP contribution >= 0.6 is 0 Å². The summed E-state index contributed by atoms with van der Waals surface area (Å²) in [5.41, 5.74) is 12.9. The van der Waals surface area contributed by atoms with Crippen LogP contribution in [0.4, 0.5) is 0 Å². The van der Waals surface area contributed by atoms with Crippen LogP contribution in [0.15, 0.2) is 110 Å². The summed E-state index contributed by atoms with van der Waals surface area (Å²) in [6.45, 7) is 10.2. The highest BCUT2D eigenvalue weighted by molar-refractivity contribution is 5.79. The molecule has 1 aliphatic rings. The van der Waals surface area contributed by atoms with E-state index in [1.54, 1.807) is 0 Å². The molecule has 0 radical (unpaired) electrons. The molecule has 2 heteroatoms. The molecule has 4 aromatic rings. The van der Waals surface area contributed by atoms with E-state index in [0.29, 0.717) is 0 Å². The van der Waals surface area contributed by atoms with Gasteiger partial charge in [0.2, 0.25) is 0 Å². The number of hydrogen-bond acceptors (Lipinski definition) is 1. The molecule has 0 fully saturated rings. The molecule has 2 heterocycles. The number of nitrogens with zero attached hydrogens (tertiary/aromatic N) is 2. The van der Waals surface area contributed by atoms with E-state index < -0.39 is 0 Å². The van der Waals surface area contributed by atoms with Crippen molar-refractivity contribution in [3.63, 3.8) is 0 Å². The van der Waals surface area contributed by atoms with Gasteiger partial charge < -0.3 is 4.57 Å². The number of allylic oxidation sites excluding steroid dienone is 7. The fourth-order valence-corrected chi connectivity index (χ4v) is 5.24. The van der Waals surface area contributed by atoms with E-state index in [1.165, 1.54) is 33.8 Å². The van der Waals surface area contributed by atoms with Gasteiger partial charge in [0.15, 0.2) is 0 Å². The Morgan fingerprint density at radius 3 is 2.45 bits per heavy atom. The van der Waals surface area contributed by atoms with Gasteiger partial charge in [-0.15, -0.1) is 0 Å². The predicted octanol–water partition coefficient (Wildman–Crippen LogP) is 9.65. The van der Waals surface area contributed by atoms with Crippen molar-refractivity contribution in [2.24, 2.45) is 0 Å². The van der Waals surface area contributed by atoms with Crippen molar-refractivity contribution in [3.8, 4) is 28.1 Å². The van der Waals surface area contributed by atoms with Crippen molar-refractivity contribution in [3.05, 3.63) is 138 Å². The van der Waals surface area contributed by atoms with Gasteiger partial charge in [0.1, 0.15) is 0 Å². The lowest BCUT2D eigenvalue weighted by Gasteiger charge is -2.15. The van der Waals surface area contributed by atoms with Crippen LogP contribution in [-0.2, 0) is 6.42 Å². The van der Waals surface area contributed by atoms with Gasteiger partial charge in [-0.2, -0.15) is 0 Å². The summed E-state index contributed by atoms with van der Waals surface area (Å²) < 4.78 is 2.41. The van der Waals surface area contributed by atoms with Gasteiger partial charge in [-0.1, -0.05) is 91.6 Å². The molecule has 0 atom stereocenters. The van der Waals surface area contributed by atoms with Crippen LogP contribution < -0.4 is 0 Å². The fourth-order valence-electron chi connectivity index (χ4n) is 5.24. The lowest BCUT2D eigenvalue weighted by molar-refractivity contribution is 0.870. The minimum absolute atomic E-state index is 0.977. The summed E-state index contributed by atoms with van der Waals surface area (Å²) in [7, 11) is 0. The molecule has 5 rings (SSSR count). The Hall–Kier alpha value is -4.43. The fraction of sp³-hybridized carbons (Fsp3) is 0.139. The van der Waals surface area contributed by atoms with Gasteiger partial charge >= 0.3 is 0 Å². The third-order valence-electron chi connectivity index (χ3n) is 7.14. The lowest BCUT2D eigenvalue weighted by Crippen LogP contribution is -2.04. The molecule has 1 aliphatic carbocycles. The van der Waals surface area contributed by atoms with Crippen LogP contribution in [0.1, 0.15) is 48.5 Å². The lowest BCUT2D eigenvalue weighted by atomic mass is 9.99. The second-order valence-electron chi connectivity index (χ2n) is 9.53. The number of fused-ring (bicyclic) bond motifs is 1. The monoisotopic (exact) mass is 494 g/mol. The maximum absolute atomic E-state index is 5.03. The van der Waals surface area contributed by atoms with Gasteiger partial charge in [0.25, 0.3) is 0 Å². The van der Waals surface area contributed by atoms with E-state index in [1.807, 2.05) is 25.1 Å². The third kappa shape index (κ3) is 4.90. The van der Waals surface area contributed by atoms with Crippen LogP contribution in [0.25, 0.3) is 45.8 Å². The predicted molar refractivity (Wildman–Crippen MR) is 164 cm³/mol. The van der Waals surface area contributed by atoms with E-state index in [4.69, 9.17) is 4.98 Å². The number of hydrogen-bond donors (Lipinski definition) is 0. The van der Waals surface area contributed by atoms with Crippen LogP contribution in [0.3, 0.4) is 0 Å². The van der Waals surface area contributed by atoms with E-state index in [2.05, 4.69) is 122 Å². The van der Waals surface area contributed by atoms with E-state index in [-0.39, 0.29) is 0 Å². The van der Waals surface area contributed by atoms with Crippen molar-refractivity contribution < 1.29 is 0 Å². The van der Waals surface area contributed by atoms with Crippen molar-refractivity contribution in [1.29, 1.82) is 0 Å². The number of aromatic nitrogens is 2. The Bertz CT molecular complexity index is 1570. The highest BCUT2D eigenvalue weighted by Gasteiger charge is 2.20. The van der Waals surface area contributed by atoms with Crippen molar-refractivity contribution >= 4 is 17.7 Å². The molecule has 0 N–H and O–H groups in total. The van der Waals surface area contributed by atoms with Gasteiger partial charge in [-0.3, -0.25) is 0 Å². The Kier molecular flexibility index (Phi) is 7.51. The maximum Gasteiger partial charge on any atom is 0.0715 e. The number of benzene rings is 2. The van der Waals surface area contributed by atoms with Crippen molar-refractivity contribution in [2.75, 3.05) is 0 Å². The Morgan fingerprint density at radius 1 is 0.947 bits per heavy atom. The van der Waals surface area contributed by atoms with Gasteiger partial charge in [-0.05, 0) is 91.8 Å². The molecule has 2 aromatic heterocycles. The Balaban J connectivity index is 1.62. The molecule has 0 saturated carbocycles. The molecule has 0 aliphatic heterocycles. The van der Waals surface area contributed by atoms with E-state index >= 15 is 0 Å². The van der Waals surface area contributed by atoms with Crippen molar-refractivity contribution in [2.45, 2.75) is 33.6 Å². The minimum Gasteiger partial charge on any atom is -0.313 e. The topological polar surface area (TPSA) is 17.8 Å². The zero-order valence-electron chi connectivity index (χ0n) is 22.5. The van der Waals surface area contributed by atoms with Gasteiger partial charge in [-0.25, -0.2) is 4.98 Å². The molecule has 0 unspecified atom stereocenters. The van der Waals surface area contributed by atoms with Crippen LogP contribution in [0.2, 0.25) is 0 Å². The number of rotatable bonds is 7. The van der Waals surface area contributed by atoms with E-state index in [0.717, 1.165) is 40.9 Å². The van der Waals surface area contributed by atoms with E-state index in [9.17, 15) is 0 Å². The zero-order valence-corrected chi connectivity index (χ0v) is 22.5. The molecule has 0 spiro atoms. The SMILES string of the molecule is C=C/C=C\c1c(C)c2c(n1-c1ccc(-c3cc(C(/C=C\C)=C/C)nc(-c4ccccc4)c3)cc1)CCC=C2. The summed E-state index contributed by atoms with van der Waals surface area (Å²) in [5, 5.41) is 0. The van der Waals surface area contributed by atoms with Gasteiger partial charge in [0, 0.05) is 22.6 Å². The Morgan fingerprint density at radius 2 is 1.74 bits per heavy atom. The second-order valence-corrected chi connectivity index (χ2v) is 9.53. The molecule has 0 bridgehead atoms. The minimum atomic E-state index is 0.977. The molecular weight excluding hydrogens is 460 g/mol. The first-order chi connectivity index (χ1) is 18.6. The van der Waals surface area contributed by atoms with Crippen LogP contribution in [-0.4, -0.2) is 9.55 Å². The molecular formula is C36H34N2. The maximum atomic E-state index is 5.03. The largest absolute Gasteiger partial charge is 0.313 e. The molecule has 0 saturated heterocycles. The molecule has 2 nitrogen and oxygen atoms in total. The average Bonchev–Trinajstić information content (AvgIpc) is 3.26. The van der Waals surface area contributed by atoms with Crippen molar-refractivity contribution in [1.82, 2.24) is 9.55 Å². The average molecular weight is 495 g/mol. The summed E-state index contributed by atoms with van der Waals surface area (Å²) in [5.74, 6) is 0. The quantitative estimate of drug-likeness (QED) is 0.234. The molecule has 0 amide bonds. The highest BCUT2D eigenvalue weighted by atomic mass is 15.0. The first kappa shape index (κ1) is 25.2. The number of pyridine rings is 1. The first-order valence-electron chi connectivity index (χ1n) is 13.3. The summed E-state index contributed by atoms with van der Waals surface area (Å²) >= 11 is 0. The molecule has 188 valence electrons. The van der Waals surface area contributed by atoms with Crippen LogP contribution in [0, 0.1) is 6.92 Å². The zero-order chi connectivity index (χ0) is 26.5. The normalized spacial score (nSPS) is 13.4. The summed E-state index contributed by atoms with van der Waals surface area (Å²) in [4.78, 5) is 5.03. The second kappa shape index (κ2) is 11.3. The standard InChI is InChI=1S/C36H34N2/c1-5-8-18-35-26(4)32-17-12-13-19-36(32)38(35)31-22-20-28(21-23-31)30-24-33(27(7-3)14-6-2)37-34(25-30)29-15-10-9-11-16-29/h5-12,14-18,20-25H,1,13,19H2,2-4H3/b14-6-,18-8-,27-7+. The highest BCUT2D eigenvalue weighted by Crippen LogP contribution is 2.34. The summed E-state index contributed by atoms with van der Waals surface area (Å²) in [6, 6.07) is 23.7. The molecule has 38 heavy (non-hydrogen) atoms. The third-order valence-corrected chi connectivity index (χ3v) is 7.14. The van der Waals surface area contributed by atoms with Gasteiger partial charge in [0.05, 0.1) is 11.4 Å². The molecule has 2 aromatic carbocycles. The summed E-state index contributed by atoms with van der Waals surface area (Å²) in [6.07, 6.45) is 19.0.